The Morgan fingerprint density at radius 3 is 2.90 bits per heavy atom. The molecule has 6 heteroatoms. The van der Waals surface area contributed by atoms with E-state index in [4.69, 9.17) is 0 Å². The smallest absolute Gasteiger partial charge is 0.257 e. The molecule has 0 saturated carbocycles. The monoisotopic (exact) mass is 295 g/mol. The van der Waals surface area contributed by atoms with Crippen LogP contribution in [0.2, 0.25) is 0 Å². The van der Waals surface area contributed by atoms with Gasteiger partial charge in [0.25, 0.3) is 5.56 Å². The number of aromatic nitrogens is 2. The van der Waals surface area contributed by atoms with Gasteiger partial charge in [-0.15, -0.1) is 0 Å². The summed E-state index contributed by atoms with van der Waals surface area (Å²) in [5, 5.41) is 3.68. The lowest BCUT2D eigenvalue weighted by Gasteiger charge is -2.16. The fraction of sp³-hybridized carbons (Fsp3) is 0.643. The van der Waals surface area contributed by atoms with E-state index >= 15 is 0 Å². The van der Waals surface area contributed by atoms with Crippen molar-refractivity contribution in [1.82, 2.24) is 14.9 Å². The summed E-state index contributed by atoms with van der Waals surface area (Å²) in [7, 11) is 0. The van der Waals surface area contributed by atoms with Gasteiger partial charge in [0.15, 0.2) is 5.16 Å². The predicted molar refractivity (Wildman–Crippen MR) is 80.2 cm³/mol. The zero-order valence-electron chi connectivity index (χ0n) is 12.4. The number of aryl methyl sites for hydroxylation is 1. The first-order valence-corrected chi connectivity index (χ1v) is 7.94. The summed E-state index contributed by atoms with van der Waals surface area (Å²) in [6.07, 6.45) is 1.25. The van der Waals surface area contributed by atoms with E-state index in [1.54, 1.807) is 23.3 Å². The van der Waals surface area contributed by atoms with E-state index < -0.39 is 0 Å². The molecule has 20 heavy (non-hydrogen) atoms. The standard InChI is InChI=1S/C14H21N3O2S/c1-5-8(2)15-12(18)6-11-7-20-14-16-10(4)9(3)13(19)17(11)14/h8,11H,5-7H2,1-4H3,(H,15,18). The van der Waals surface area contributed by atoms with Crippen LogP contribution in [0.15, 0.2) is 9.95 Å². The van der Waals surface area contributed by atoms with Gasteiger partial charge in [-0.25, -0.2) is 4.98 Å². The molecule has 2 rings (SSSR count). The molecule has 1 aromatic heterocycles. The molecule has 0 bridgehead atoms. The van der Waals surface area contributed by atoms with Crippen LogP contribution >= 0.6 is 11.8 Å². The first-order chi connectivity index (χ1) is 9.43. The summed E-state index contributed by atoms with van der Waals surface area (Å²) in [5.74, 6) is 0.738. The van der Waals surface area contributed by atoms with Gasteiger partial charge < -0.3 is 5.32 Å². The van der Waals surface area contributed by atoms with Crippen molar-refractivity contribution >= 4 is 17.7 Å². The Morgan fingerprint density at radius 2 is 2.25 bits per heavy atom. The molecule has 2 unspecified atom stereocenters. The van der Waals surface area contributed by atoms with Crippen molar-refractivity contribution < 1.29 is 4.79 Å². The van der Waals surface area contributed by atoms with E-state index in [0.717, 1.165) is 23.0 Å². The van der Waals surface area contributed by atoms with E-state index in [2.05, 4.69) is 10.3 Å². The molecule has 0 fully saturated rings. The maximum atomic E-state index is 12.3. The molecule has 0 saturated heterocycles. The summed E-state index contributed by atoms with van der Waals surface area (Å²) < 4.78 is 1.68. The molecule has 0 radical (unpaired) electrons. The number of nitrogens with one attached hydrogen (secondary N) is 1. The highest BCUT2D eigenvalue weighted by atomic mass is 32.2. The Kier molecular flexibility index (Phi) is 4.52. The average molecular weight is 295 g/mol. The number of fused-ring (bicyclic) bond motifs is 1. The molecule has 1 amide bonds. The van der Waals surface area contributed by atoms with Gasteiger partial charge in [-0.1, -0.05) is 18.7 Å². The SMILES string of the molecule is CCC(C)NC(=O)CC1CSc2nc(C)c(C)c(=O)n21. The lowest BCUT2D eigenvalue weighted by Crippen LogP contribution is -2.35. The lowest BCUT2D eigenvalue weighted by atomic mass is 10.2. The molecule has 1 aromatic rings. The van der Waals surface area contributed by atoms with E-state index in [9.17, 15) is 9.59 Å². The lowest BCUT2D eigenvalue weighted by molar-refractivity contribution is -0.122. The quantitative estimate of drug-likeness (QED) is 0.861. The second kappa shape index (κ2) is 5.99. The Balaban J connectivity index is 2.18. The van der Waals surface area contributed by atoms with Crippen molar-refractivity contribution in [1.29, 1.82) is 0 Å². The van der Waals surface area contributed by atoms with Crippen LogP contribution in [-0.2, 0) is 4.79 Å². The number of amides is 1. The maximum Gasteiger partial charge on any atom is 0.257 e. The Hall–Kier alpha value is -1.30. The highest BCUT2D eigenvalue weighted by molar-refractivity contribution is 7.99. The van der Waals surface area contributed by atoms with Gasteiger partial charge in [-0.2, -0.15) is 0 Å². The first-order valence-electron chi connectivity index (χ1n) is 6.96. The second-order valence-electron chi connectivity index (χ2n) is 5.33. The van der Waals surface area contributed by atoms with Gasteiger partial charge >= 0.3 is 0 Å². The highest BCUT2D eigenvalue weighted by Gasteiger charge is 2.28. The fourth-order valence-corrected chi connectivity index (χ4v) is 3.35. The number of thioether (sulfide) groups is 1. The molecule has 1 aliphatic heterocycles. The minimum Gasteiger partial charge on any atom is -0.354 e. The zero-order valence-corrected chi connectivity index (χ0v) is 13.2. The van der Waals surface area contributed by atoms with Crippen LogP contribution in [0, 0.1) is 13.8 Å². The van der Waals surface area contributed by atoms with Crippen molar-refractivity contribution in [2.24, 2.45) is 0 Å². The molecule has 0 aromatic carbocycles. The predicted octanol–water partition coefficient (Wildman–Crippen LogP) is 1.81. The molecular weight excluding hydrogens is 274 g/mol. The summed E-state index contributed by atoms with van der Waals surface area (Å²) >= 11 is 1.55. The molecule has 1 aliphatic rings. The summed E-state index contributed by atoms with van der Waals surface area (Å²) in [6, 6.07) is 0.0870. The van der Waals surface area contributed by atoms with Crippen LogP contribution in [0.5, 0.6) is 0 Å². The van der Waals surface area contributed by atoms with Crippen LogP contribution in [0.25, 0.3) is 0 Å². The number of rotatable bonds is 4. The third-order valence-electron chi connectivity index (χ3n) is 3.76. The Labute approximate surface area is 123 Å². The van der Waals surface area contributed by atoms with Crippen molar-refractivity contribution in [3.8, 4) is 0 Å². The number of hydrogen-bond donors (Lipinski definition) is 1. The normalized spacial score (nSPS) is 18.7. The zero-order chi connectivity index (χ0) is 14.9. The minimum atomic E-state index is -0.0849. The first kappa shape index (κ1) is 15.1. The van der Waals surface area contributed by atoms with E-state index in [1.807, 2.05) is 20.8 Å². The van der Waals surface area contributed by atoms with Crippen LogP contribution in [0.3, 0.4) is 0 Å². The minimum absolute atomic E-state index is 0.00271. The highest BCUT2D eigenvalue weighted by Crippen LogP contribution is 2.32. The Morgan fingerprint density at radius 1 is 1.55 bits per heavy atom. The van der Waals surface area contributed by atoms with Gasteiger partial charge in [0.05, 0.1) is 6.04 Å². The average Bonchev–Trinajstić information content (AvgIpc) is 2.78. The van der Waals surface area contributed by atoms with Crippen molar-refractivity contribution in [2.75, 3.05) is 5.75 Å². The van der Waals surface area contributed by atoms with Gasteiger partial charge in [-0.3, -0.25) is 14.2 Å². The summed E-state index contributed by atoms with van der Waals surface area (Å²) in [6.45, 7) is 7.65. The number of nitrogens with zero attached hydrogens (tertiary/aromatic N) is 2. The topological polar surface area (TPSA) is 64.0 Å². The number of hydrogen-bond acceptors (Lipinski definition) is 4. The van der Waals surface area contributed by atoms with E-state index in [1.165, 1.54) is 0 Å². The van der Waals surface area contributed by atoms with Crippen molar-refractivity contribution in [3.63, 3.8) is 0 Å². The van der Waals surface area contributed by atoms with Gasteiger partial charge in [0.2, 0.25) is 5.91 Å². The van der Waals surface area contributed by atoms with Gasteiger partial charge in [0.1, 0.15) is 0 Å². The summed E-state index contributed by atoms with van der Waals surface area (Å²) in [5.41, 5.74) is 1.43. The largest absolute Gasteiger partial charge is 0.354 e. The van der Waals surface area contributed by atoms with Crippen LogP contribution < -0.4 is 10.9 Å². The van der Waals surface area contributed by atoms with E-state index in [-0.39, 0.29) is 23.6 Å². The number of carbonyl (C=O) groups is 1. The molecule has 5 nitrogen and oxygen atoms in total. The third-order valence-corrected chi connectivity index (χ3v) is 4.86. The van der Waals surface area contributed by atoms with Crippen LogP contribution in [0.1, 0.15) is 44.0 Å². The molecule has 0 aliphatic carbocycles. The fourth-order valence-electron chi connectivity index (χ4n) is 2.17. The molecule has 2 atom stereocenters. The third kappa shape index (κ3) is 2.90. The number of carbonyl (C=O) groups excluding carboxylic acids is 1. The summed E-state index contributed by atoms with van der Waals surface area (Å²) in [4.78, 5) is 28.8. The molecule has 110 valence electrons. The van der Waals surface area contributed by atoms with Crippen LogP contribution in [0.4, 0.5) is 0 Å². The molecular formula is C14H21N3O2S. The van der Waals surface area contributed by atoms with Gasteiger partial charge in [0, 0.05) is 29.5 Å². The molecule has 0 spiro atoms. The second-order valence-corrected chi connectivity index (χ2v) is 6.31. The molecule has 2 heterocycles. The maximum absolute atomic E-state index is 12.3. The van der Waals surface area contributed by atoms with Gasteiger partial charge in [-0.05, 0) is 27.2 Å². The van der Waals surface area contributed by atoms with Crippen molar-refractivity contribution in [2.45, 2.75) is 57.8 Å². The Bertz CT molecular complexity index is 583. The van der Waals surface area contributed by atoms with E-state index in [0.29, 0.717) is 12.0 Å². The molecule has 1 N–H and O–H groups in total. The van der Waals surface area contributed by atoms with Crippen LogP contribution in [-0.4, -0.2) is 27.3 Å². The van der Waals surface area contributed by atoms with Crippen molar-refractivity contribution in [3.05, 3.63) is 21.6 Å².